The Morgan fingerprint density at radius 1 is 0.630 bits per heavy atom. The minimum atomic E-state index is 0. The van der Waals surface area contributed by atoms with Gasteiger partial charge in [-0.15, -0.1) is 4.79 Å². The van der Waals surface area contributed by atoms with Crippen molar-refractivity contribution in [2.75, 3.05) is 0 Å². The van der Waals surface area contributed by atoms with Gasteiger partial charge in [-0.25, -0.2) is 0 Å². The molecule has 0 aliphatic carbocycles. The summed E-state index contributed by atoms with van der Waals surface area (Å²) in [6.07, 6.45) is 34.5. The smallest absolute Gasteiger partial charge is 0.299 e. The molecular weight excluding hydrogens is 603 g/mol. The second kappa shape index (κ2) is 28.8. The van der Waals surface area contributed by atoms with E-state index in [1.807, 2.05) is 6.08 Å². The van der Waals surface area contributed by atoms with Crippen LogP contribution in [0.4, 0.5) is 0 Å². The number of allylic oxidation sites excluding steroid dienone is 4. The van der Waals surface area contributed by atoms with E-state index >= 15 is 0 Å². The summed E-state index contributed by atoms with van der Waals surface area (Å²) in [5.41, 5.74) is 17.1. The molecule has 0 spiro atoms. The largest absolute Gasteiger partial charge is 0.348 e. The van der Waals surface area contributed by atoms with E-state index in [-0.39, 0.29) is 16.5 Å². The van der Waals surface area contributed by atoms with Gasteiger partial charge in [0, 0.05) is 16.5 Å². The van der Waals surface area contributed by atoms with Gasteiger partial charge in [0.15, 0.2) is 0 Å². The summed E-state index contributed by atoms with van der Waals surface area (Å²) in [6, 6.07) is 18.2. The summed E-state index contributed by atoms with van der Waals surface area (Å²) in [5.74, 6) is 2.75. The fourth-order valence-corrected chi connectivity index (χ4v) is 6.25. The van der Waals surface area contributed by atoms with Crippen molar-refractivity contribution < 1.29 is 21.3 Å². The first-order valence-electron chi connectivity index (χ1n) is 18.7. The maximum Gasteiger partial charge on any atom is 0.299 e. The summed E-state index contributed by atoms with van der Waals surface area (Å²) in [7, 11) is 0. The van der Waals surface area contributed by atoms with Gasteiger partial charge in [-0.2, -0.15) is 0 Å². The van der Waals surface area contributed by atoms with Gasteiger partial charge in [-0.1, -0.05) is 165 Å². The Morgan fingerprint density at radius 2 is 1.20 bits per heavy atom. The van der Waals surface area contributed by atoms with E-state index in [0.29, 0.717) is 0 Å². The van der Waals surface area contributed by atoms with E-state index in [4.69, 9.17) is 0 Å². The molecule has 0 aromatic heterocycles. The Balaban J connectivity index is 0.0000106. The van der Waals surface area contributed by atoms with E-state index in [9.17, 15) is 5.53 Å². The van der Waals surface area contributed by atoms with Gasteiger partial charge in [-0.05, 0) is 91.2 Å². The fraction of sp³-hybridized carbons (Fsp3) is 0.581. The maximum atomic E-state index is 9.27. The Bertz CT molecular complexity index is 1180. The minimum absolute atomic E-state index is 0. The Labute approximate surface area is 293 Å². The third-order valence-corrected chi connectivity index (χ3v) is 8.97. The second-order valence-corrected chi connectivity index (χ2v) is 12.9. The molecule has 0 heterocycles. The standard InChI is InChI=1S/C43H64N2.Ni/c1-4-7-10-12-13-14-15-16-17-18-19-20-21-24-28-39-29-25-26-31-42(39)43(40(36-37-45-44)30-22-9-6-3)41-34-32-38(33-35-41)27-23-11-8-5-2;/h19-20,25-26,29,31-36H,4-18,21-24,27-28,30H2,1-3H3;. The fourth-order valence-electron chi connectivity index (χ4n) is 6.25. The first kappa shape index (κ1) is 41.6. The van der Waals surface area contributed by atoms with Crippen molar-refractivity contribution in [1.29, 1.82) is 0 Å². The summed E-state index contributed by atoms with van der Waals surface area (Å²) in [4.78, 5) is 3.23. The Hall–Kier alpha value is -2.43. The van der Waals surface area contributed by atoms with Crippen molar-refractivity contribution in [1.82, 2.24) is 0 Å². The van der Waals surface area contributed by atoms with Gasteiger partial charge in [0.05, 0.1) is 6.08 Å². The van der Waals surface area contributed by atoms with Crippen LogP contribution in [0.5, 0.6) is 0 Å². The second-order valence-electron chi connectivity index (χ2n) is 12.9. The van der Waals surface area contributed by atoms with Crippen LogP contribution in [0, 0.1) is 0 Å². The van der Waals surface area contributed by atoms with Gasteiger partial charge in [0.25, 0.3) is 5.87 Å². The monoisotopic (exact) mass is 666 g/mol. The zero-order chi connectivity index (χ0) is 32.2. The minimum Gasteiger partial charge on any atom is -0.348 e. The molecule has 0 bridgehead atoms. The SMILES string of the molecule is CCCCCCCCCCCC=CCCCc1ccccc1C(=C(C=C=[N+]=[N-])CCCCC)c1ccc(CCCCCC)cc1.[Ni]. The van der Waals surface area contributed by atoms with Gasteiger partial charge < -0.3 is 5.53 Å². The molecule has 0 N–H and O–H groups in total. The Morgan fingerprint density at radius 3 is 1.85 bits per heavy atom. The zero-order valence-corrected chi connectivity index (χ0v) is 30.6. The number of unbranched alkanes of at least 4 members (excludes halogenated alkanes) is 15. The molecule has 0 atom stereocenters. The predicted molar refractivity (Wildman–Crippen MR) is 198 cm³/mol. The van der Waals surface area contributed by atoms with Gasteiger partial charge in [0.2, 0.25) is 0 Å². The maximum absolute atomic E-state index is 9.27. The van der Waals surface area contributed by atoms with Crippen molar-refractivity contribution in [2.45, 2.75) is 162 Å². The first-order valence-corrected chi connectivity index (χ1v) is 18.7. The van der Waals surface area contributed by atoms with E-state index in [1.165, 1.54) is 136 Å². The van der Waals surface area contributed by atoms with E-state index in [1.54, 1.807) is 0 Å². The molecule has 0 aliphatic rings. The van der Waals surface area contributed by atoms with Crippen LogP contribution < -0.4 is 0 Å². The van der Waals surface area contributed by atoms with Crippen molar-refractivity contribution >= 4 is 11.4 Å². The summed E-state index contributed by atoms with van der Waals surface area (Å²) in [6.45, 7) is 6.80. The molecule has 0 aliphatic heterocycles. The third kappa shape index (κ3) is 18.1. The number of hydrogen-bond acceptors (Lipinski definition) is 0. The number of nitrogens with zero attached hydrogens (tertiary/aromatic N) is 2. The van der Waals surface area contributed by atoms with Crippen LogP contribution in [-0.2, 0) is 29.3 Å². The molecule has 0 radical (unpaired) electrons. The van der Waals surface area contributed by atoms with Crippen molar-refractivity contribution in [3.8, 4) is 0 Å². The third-order valence-electron chi connectivity index (χ3n) is 8.97. The normalized spacial score (nSPS) is 11.5. The molecular formula is C43H64N2Ni. The molecule has 46 heavy (non-hydrogen) atoms. The van der Waals surface area contributed by atoms with Crippen LogP contribution in [0.1, 0.15) is 171 Å². The predicted octanol–water partition coefficient (Wildman–Crippen LogP) is 13.4. The van der Waals surface area contributed by atoms with Crippen LogP contribution in [0.3, 0.4) is 0 Å². The molecule has 0 saturated heterocycles. The van der Waals surface area contributed by atoms with Crippen LogP contribution in [0.25, 0.3) is 11.1 Å². The van der Waals surface area contributed by atoms with Crippen molar-refractivity contribution in [3.63, 3.8) is 0 Å². The molecule has 2 nitrogen and oxygen atoms in total. The molecule has 2 aromatic carbocycles. The van der Waals surface area contributed by atoms with Crippen LogP contribution in [0.2, 0.25) is 0 Å². The summed E-state index contributed by atoms with van der Waals surface area (Å²) in [5, 5.41) is 0. The molecule has 3 heteroatoms. The quantitative estimate of drug-likeness (QED) is 0.0182. The molecule has 0 amide bonds. The average molecular weight is 668 g/mol. The van der Waals surface area contributed by atoms with Crippen LogP contribution in [-0.4, -0.2) is 10.7 Å². The number of hydrogen-bond donors (Lipinski definition) is 0. The molecule has 256 valence electrons. The van der Waals surface area contributed by atoms with Gasteiger partial charge in [0.1, 0.15) is 0 Å². The van der Waals surface area contributed by atoms with Crippen molar-refractivity contribution in [3.05, 3.63) is 100 Å². The first-order chi connectivity index (χ1) is 22.2. The molecule has 2 aromatic rings. The summed E-state index contributed by atoms with van der Waals surface area (Å²) >= 11 is 0. The number of rotatable bonds is 26. The van der Waals surface area contributed by atoms with Crippen molar-refractivity contribution in [2.24, 2.45) is 0 Å². The number of aryl methyl sites for hydroxylation is 2. The summed E-state index contributed by atoms with van der Waals surface area (Å²) < 4.78 is 0. The topological polar surface area (TPSA) is 36.4 Å². The Kier molecular flexibility index (Phi) is 26.0. The van der Waals surface area contributed by atoms with E-state index < -0.39 is 0 Å². The molecule has 0 saturated carbocycles. The van der Waals surface area contributed by atoms with Gasteiger partial charge in [-0.3, -0.25) is 0 Å². The molecule has 0 unspecified atom stereocenters. The molecule has 2 rings (SSSR count). The number of benzene rings is 2. The van der Waals surface area contributed by atoms with E-state index in [2.05, 4.69) is 92.1 Å². The zero-order valence-electron chi connectivity index (χ0n) is 29.6. The van der Waals surface area contributed by atoms with Crippen LogP contribution >= 0.6 is 0 Å². The van der Waals surface area contributed by atoms with Crippen LogP contribution in [0.15, 0.2) is 72.3 Å². The molecule has 0 fully saturated rings. The van der Waals surface area contributed by atoms with E-state index in [0.717, 1.165) is 38.5 Å². The van der Waals surface area contributed by atoms with Gasteiger partial charge >= 0.3 is 0 Å². The average Bonchev–Trinajstić information content (AvgIpc) is 3.07.